The fraction of sp³-hybridized carbons (Fsp3) is 0.588. The van der Waals surface area contributed by atoms with E-state index >= 15 is 0 Å². The summed E-state index contributed by atoms with van der Waals surface area (Å²) in [4.78, 5) is 14.3. The van der Waals surface area contributed by atoms with Gasteiger partial charge in [0.1, 0.15) is 6.04 Å². The number of rotatable bonds is 7. The van der Waals surface area contributed by atoms with Crippen LogP contribution in [0.1, 0.15) is 19.4 Å². The van der Waals surface area contributed by atoms with Crippen molar-refractivity contribution in [2.75, 3.05) is 32.1 Å². The van der Waals surface area contributed by atoms with E-state index in [4.69, 9.17) is 4.74 Å². The monoisotopic (exact) mass is 354 g/mol. The van der Waals surface area contributed by atoms with Gasteiger partial charge in [-0.3, -0.25) is 4.79 Å². The Kier molecular flexibility index (Phi) is 6.77. The van der Waals surface area contributed by atoms with Gasteiger partial charge in [-0.2, -0.15) is 0 Å². The maximum atomic E-state index is 12.6. The van der Waals surface area contributed by atoms with Crippen LogP contribution in [0.3, 0.4) is 0 Å². The van der Waals surface area contributed by atoms with Gasteiger partial charge in [0.2, 0.25) is 15.9 Å². The number of sulfonamides is 1. The number of amides is 1. The molecule has 0 unspecified atom stereocenters. The molecular formula is C17H26N2O4S. The molecule has 7 heteroatoms. The quantitative estimate of drug-likeness (QED) is 0.794. The van der Waals surface area contributed by atoms with Crippen molar-refractivity contribution in [3.8, 4) is 0 Å². The van der Waals surface area contributed by atoms with Crippen molar-refractivity contribution < 1.29 is 17.9 Å². The summed E-state index contributed by atoms with van der Waals surface area (Å²) in [6.07, 6.45) is 0.423. The second-order valence-corrected chi connectivity index (χ2v) is 8.21. The number of aryl methyl sites for hydroxylation is 1. The molecule has 0 bridgehead atoms. The van der Waals surface area contributed by atoms with Gasteiger partial charge in [0.15, 0.2) is 0 Å². The van der Waals surface area contributed by atoms with Crippen molar-refractivity contribution in [2.24, 2.45) is 5.92 Å². The average Bonchev–Trinajstić information content (AvgIpc) is 2.59. The number of hydrogen-bond acceptors (Lipinski definition) is 4. The molecule has 1 aliphatic heterocycles. The maximum Gasteiger partial charge on any atom is 0.241 e. The molecule has 2 rings (SSSR count). The van der Waals surface area contributed by atoms with E-state index in [0.717, 1.165) is 5.56 Å². The number of benzene rings is 1. The second kappa shape index (κ2) is 8.60. The van der Waals surface area contributed by atoms with Crippen LogP contribution < -0.4 is 4.72 Å². The van der Waals surface area contributed by atoms with E-state index in [2.05, 4.69) is 4.72 Å². The van der Waals surface area contributed by atoms with Crippen LogP contribution >= 0.6 is 0 Å². The van der Waals surface area contributed by atoms with Crippen molar-refractivity contribution in [1.29, 1.82) is 0 Å². The molecule has 1 saturated heterocycles. The van der Waals surface area contributed by atoms with Crippen molar-refractivity contribution >= 4 is 15.9 Å². The van der Waals surface area contributed by atoms with E-state index < -0.39 is 16.1 Å². The first-order chi connectivity index (χ1) is 11.4. The van der Waals surface area contributed by atoms with E-state index in [-0.39, 0.29) is 17.6 Å². The van der Waals surface area contributed by atoms with Crippen molar-refractivity contribution in [2.45, 2.75) is 26.3 Å². The number of ether oxygens (including phenoxy) is 1. The minimum Gasteiger partial charge on any atom is -0.378 e. The van der Waals surface area contributed by atoms with Crippen molar-refractivity contribution in [3.63, 3.8) is 0 Å². The molecule has 1 atom stereocenters. The predicted molar refractivity (Wildman–Crippen MR) is 93.1 cm³/mol. The number of carbonyl (C=O) groups is 1. The fourth-order valence-electron chi connectivity index (χ4n) is 2.60. The summed E-state index contributed by atoms with van der Waals surface area (Å²) < 4.78 is 32.6. The third kappa shape index (κ3) is 5.58. The molecule has 0 aromatic heterocycles. The van der Waals surface area contributed by atoms with Crippen LogP contribution in [0.4, 0.5) is 0 Å². The highest BCUT2D eigenvalue weighted by atomic mass is 32.2. The molecule has 1 aromatic carbocycles. The summed E-state index contributed by atoms with van der Waals surface area (Å²) in [6.45, 7) is 5.71. The number of nitrogens with zero attached hydrogens (tertiary/aromatic N) is 1. The highest BCUT2D eigenvalue weighted by Crippen LogP contribution is 2.11. The van der Waals surface area contributed by atoms with Crippen LogP contribution in [-0.4, -0.2) is 57.3 Å². The van der Waals surface area contributed by atoms with Crippen LogP contribution in [0.5, 0.6) is 0 Å². The Labute approximate surface area is 144 Å². The van der Waals surface area contributed by atoms with Crippen molar-refractivity contribution in [1.82, 2.24) is 9.62 Å². The molecule has 0 aliphatic carbocycles. The van der Waals surface area contributed by atoms with Crippen LogP contribution in [0.15, 0.2) is 30.3 Å². The smallest absolute Gasteiger partial charge is 0.241 e. The lowest BCUT2D eigenvalue weighted by Crippen LogP contribution is -2.54. The summed E-state index contributed by atoms with van der Waals surface area (Å²) >= 11 is 0. The summed E-state index contributed by atoms with van der Waals surface area (Å²) in [7, 11) is -3.54. The van der Waals surface area contributed by atoms with Gasteiger partial charge in [-0.05, 0) is 17.9 Å². The van der Waals surface area contributed by atoms with E-state index in [0.29, 0.717) is 32.7 Å². The number of carbonyl (C=O) groups excluding carboxylic acids is 1. The van der Waals surface area contributed by atoms with E-state index in [9.17, 15) is 13.2 Å². The Morgan fingerprint density at radius 2 is 1.83 bits per heavy atom. The zero-order valence-electron chi connectivity index (χ0n) is 14.3. The number of hydrogen-bond donors (Lipinski definition) is 1. The summed E-state index contributed by atoms with van der Waals surface area (Å²) in [5.41, 5.74) is 0.962. The molecule has 1 fully saturated rings. The Bertz CT molecular complexity index is 625. The molecule has 1 amide bonds. The third-order valence-electron chi connectivity index (χ3n) is 4.06. The van der Waals surface area contributed by atoms with Crippen LogP contribution in [-0.2, 0) is 26.0 Å². The molecule has 1 aliphatic rings. The maximum absolute atomic E-state index is 12.6. The van der Waals surface area contributed by atoms with E-state index in [1.165, 1.54) is 0 Å². The lowest BCUT2D eigenvalue weighted by atomic mass is 10.0. The van der Waals surface area contributed by atoms with E-state index in [1.807, 2.05) is 44.2 Å². The zero-order valence-corrected chi connectivity index (χ0v) is 15.1. The highest BCUT2D eigenvalue weighted by molar-refractivity contribution is 7.89. The van der Waals surface area contributed by atoms with Gasteiger partial charge < -0.3 is 9.64 Å². The summed E-state index contributed by atoms with van der Waals surface area (Å²) in [6, 6.07) is 8.72. The van der Waals surface area contributed by atoms with Gasteiger partial charge in [0.05, 0.1) is 19.0 Å². The minimum absolute atomic E-state index is 0.0311. The molecule has 0 saturated carbocycles. The Balaban J connectivity index is 1.98. The van der Waals surface area contributed by atoms with Crippen LogP contribution in [0.25, 0.3) is 0 Å². The van der Waals surface area contributed by atoms with Gasteiger partial charge in [0.25, 0.3) is 0 Å². The first-order valence-electron chi connectivity index (χ1n) is 8.29. The topological polar surface area (TPSA) is 75.7 Å². The largest absolute Gasteiger partial charge is 0.378 e. The van der Waals surface area contributed by atoms with Gasteiger partial charge >= 0.3 is 0 Å². The Morgan fingerprint density at radius 3 is 2.42 bits per heavy atom. The molecule has 134 valence electrons. The molecule has 0 radical (unpaired) electrons. The molecule has 6 nitrogen and oxygen atoms in total. The lowest BCUT2D eigenvalue weighted by Gasteiger charge is -2.32. The normalized spacial score (nSPS) is 17.0. The first-order valence-corrected chi connectivity index (χ1v) is 9.95. The first kappa shape index (κ1) is 18.9. The van der Waals surface area contributed by atoms with Crippen LogP contribution in [0.2, 0.25) is 0 Å². The highest BCUT2D eigenvalue weighted by Gasteiger charge is 2.31. The summed E-state index contributed by atoms with van der Waals surface area (Å²) in [5.74, 6) is -0.320. The Morgan fingerprint density at radius 1 is 1.21 bits per heavy atom. The van der Waals surface area contributed by atoms with Gasteiger partial charge in [-0.25, -0.2) is 13.1 Å². The molecule has 1 heterocycles. The minimum atomic E-state index is -3.54. The molecule has 0 spiro atoms. The van der Waals surface area contributed by atoms with E-state index in [1.54, 1.807) is 4.90 Å². The van der Waals surface area contributed by atoms with Gasteiger partial charge in [-0.1, -0.05) is 44.2 Å². The fourth-order valence-corrected chi connectivity index (χ4v) is 3.98. The van der Waals surface area contributed by atoms with Crippen molar-refractivity contribution in [3.05, 3.63) is 35.9 Å². The van der Waals surface area contributed by atoms with Crippen LogP contribution in [0, 0.1) is 5.92 Å². The predicted octanol–water partition coefficient (Wildman–Crippen LogP) is 1.03. The number of morpholine rings is 1. The number of nitrogens with one attached hydrogen (secondary N) is 1. The second-order valence-electron chi connectivity index (χ2n) is 6.33. The zero-order chi connectivity index (χ0) is 17.6. The molecule has 1 aromatic rings. The summed E-state index contributed by atoms with van der Waals surface area (Å²) in [5, 5.41) is 0. The Hall–Kier alpha value is -1.44. The lowest BCUT2D eigenvalue weighted by molar-refractivity contribution is -0.138. The average molecular weight is 354 g/mol. The van der Waals surface area contributed by atoms with Gasteiger partial charge in [0, 0.05) is 13.1 Å². The molecular weight excluding hydrogens is 328 g/mol. The third-order valence-corrected chi connectivity index (χ3v) is 5.42. The standard InChI is InChI=1S/C17H26N2O4S/c1-14(2)16(17(20)19-9-11-23-12-10-19)18-24(21,22)13-8-15-6-4-3-5-7-15/h3-7,14,16,18H,8-13H2,1-2H3/t16-/m0/s1. The van der Waals surface area contributed by atoms with Gasteiger partial charge in [-0.15, -0.1) is 0 Å². The SMILES string of the molecule is CC(C)[C@H](NS(=O)(=O)CCc1ccccc1)C(=O)N1CCOCC1. The molecule has 24 heavy (non-hydrogen) atoms. The molecule has 1 N–H and O–H groups in total.